The average molecular weight is 284 g/mol. The lowest BCUT2D eigenvalue weighted by atomic mass is 9.92. The van der Waals surface area contributed by atoms with Gasteiger partial charge in [0, 0.05) is 19.1 Å². The van der Waals surface area contributed by atoms with Crippen molar-refractivity contribution in [3.05, 3.63) is 0 Å². The molecule has 1 fully saturated rings. The Labute approximate surface area is 121 Å². The van der Waals surface area contributed by atoms with Crippen molar-refractivity contribution in [3.8, 4) is 0 Å². The van der Waals surface area contributed by atoms with Gasteiger partial charge >= 0.3 is 0 Å². The molecule has 1 saturated heterocycles. The van der Waals surface area contributed by atoms with Crippen molar-refractivity contribution in [1.82, 2.24) is 10.2 Å². The van der Waals surface area contributed by atoms with Crippen LogP contribution in [-0.4, -0.2) is 48.4 Å². The first-order valence-corrected chi connectivity index (χ1v) is 7.39. The highest BCUT2D eigenvalue weighted by Crippen LogP contribution is 2.21. The Balaban J connectivity index is 2.48. The van der Waals surface area contributed by atoms with Crippen LogP contribution in [-0.2, 0) is 9.59 Å². The fourth-order valence-electron chi connectivity index (χ4n) is 2.49. The van der Waals surface area contributed by atoms with E-state index in [1.807, 2.05) is 13.8 Å². The summed E-state index contributed by atoms with van der Waals surface area (Å²) in [7, 11) is 0. The molecule has 1 rings (SSSR count). The Bertz CT molecular complexity index is 346. The highest BCUT2D eigenvalue weighted by atomic mass is 16.2. The van der Waals surface area contributed by atoms with Crippen LogP contribution in [0, 0.1) is 11.8 Å². The van der Waals surface area contributed by atoms with E-state index in [9.17, 15) is 9.59 Å². The lowest BCUT2D eigenvalue weighted by molar-refractivity contribution is -0.136. The Morgan fingerprint density at radius 2 is 2.05 bits per heavy atom. The van der Waals surface area contributed by atoms with Crippen molar-refractivity contribution in [2.75, 3.05) is 19.6 Å². The van der Waals surface area contributed by atoms with E-state index in [0.29, 0.717) is 19.0 Å². The summed E-state index contributed by atoms with van der Waals surface area (Å²) in [5, 5.41) is 2.62. The summed E-state index contributed by atoms with van der Waals surface area (Å²) in [5.74, 6) is 0.300. The first-order valence-electron chi connectivity index (χ1n) is 7.39. The van der Waals surface area contributed by atoms with Crippen LogP contribution in [0.3, 0.4) is 0 Å². The number of piperidine rings is 1. The first kappa shape index (κ1) is 16.9. The molecule has 1 aliphatic rings. The molecular formula is C14H28N4O2. The van der Waals surface area contributed by atoms with Crippen molar-refractivity contribution in [2.24, 2.45) is 23.3 Å². The lowest BCUT2D eigenvalue weighted by Crippen LogP contribution is -2.53. The molecule has 5 N–H and O–H groups in total. The molecule has 0 spiro atoms. The van der Waals surface area contributed by atoms with Crippen molar-refractivity contribution < 1.29 is 9.59 Å². The molecule has 0 aliphatic carbocycles. The predicted molar refractivity (Wildman–Crippen MR) is 78.8 cm³/mol. The molecule has 0 radical (unpaired) electrons. The number of nitrogens with zero attached hydrogens (tertiary/aromatic N) is 1. The largest absolute Gasteiger partial charge is 0.346 e. The summed E-state index contributed by atoms with van der Waals surface area (Å²) in [6.45, 7) is 7.12. The molecule has 0 saturated carbocycles. The van der Waals surface area contributed by atoms with Crippen molar-refractivity contribution in [2.45, 2.75) is 45.7 Å². The minimum absolute atomic E-state index is 0.00410. The highest BCUT2D eigenvalue weighted by Gasteiger charge is 2.29. The topological polar surface area (TPSA) is 101 Å². The molecule has 1 heterocycles. The molecule has 1 aliphatic heterocycles. The van der Waals surface area contributed by atoms with Crippen LogP contribution in [0.5, 0.6) is 0 Å². The molecule has 0 bridgehead atoms. The van der Waals surface area contributed by atoms with Crippen LogP contribution in [0.15, 0.2) is 0 Å². The van der Waals surface area contributed by atoms with Crippen LogP contribution in [0.25, 0.3) is 0 Å². The zero-order valence-electron chi connectivity index (χ0n) is 12.8. The van der Waals surface area contributed by atoms with Crippen LogP contribution >= 0.6 is 0 Å². The summed E-state index contributed by atoms with van der Waals surface area (Å²) in [6, 6.07) is -0.489. The van der Waals surface area contributed by atoms with E-state index >= 15 is 0 Å². The number of hydrogen-bond donors (Lipinski definition) is 3. The lowest BCUT2D eigenvalue weighted by Gasteiger charge is -2.38. The van der Waals surface area contributed by atoms with E-state index < -0.39 is 6.04 Å². The maximum absolute atomic E-state index is 12.2. The minimum Gasteiger partial charge on any atom is -0.346 e. The quantitative estimate of drug-likeness (QED) is 0.643. The van der Waals surface area contributed by atoms with Crippen LogP contribution in [0.2, 0.25) is 0 Å². The summed E-state index contributed by atoms with van der Waals surface area (Å²) < 4.78 is 0. The van der Waals surface area contributed by atoms with E-state index in [1.54, 1.807) is 4.90 Å². The van der Waals surface area contributed by atoms with Gasteiger partial charge in [0.05, 0.1) is 12.6 Å². The normalized spacial score (nSPS) is 24.6. The number of carbonyl (C=O) groups is 2. The zero-order valence-corrected chi connectivity index (χ0v) is 12.8. The maximum atomic E-state index is 12.2. The number of hydrogen-bond acceptors (Lipinski definition) is 4. The van der Waals surface area contributed by atoms with E-state index in [2.05, 4.69) is 12.2 Å². The Kier molecular flexibility index (Phi) is 6.42. The first-order chi connectivity index (χ1) is 9.36. The van der Waals surface area contributed by atoms with E-state index in [0.717, 1.165) is 12.8 Å². The smallest absolute Gasteiger partial charge is 0.242 e. The standard InChI is InChI=1S/C14H28N4O2/c1-9(2)13(16)14(20)17-8-12(19)18-5-4-10(3)6-11(18)7-15/h9-11,13H,4-8,15-16H2,1-3H3,(H,17,20)/t10?,11?,13-/m0/s1. The second kappa shape index (κ2) is 7.59. The second-order valence-electron chi connectivity index (χ2n) is 6.09. The number of amides is 2. The summed E-state index contributed by atoms with van der Waals surface area (Å²) in [5.41, 5.74) is 11.5. The number of rotatable bonds is 5. The van der Waals surface area contributed by atoms with E-state index in [4.69, 9.17) is 11.5 Å². The summed E-state index contributed by atoms with van der Waals surface area (Å²) in [4.78, 5) is 25.7. The van der Waals surface area contributed by atoms with Gasteiger partial charge < -0.3 is 21.7 Å². The zero-order chi connectivity index (χ0) is 15.3. The molecule has 6 heteroatoms. The SMILES string of the molecule is CC1CCN(C(=O)CNC(=O)[C@@H](N)C(C)C)C(CN)C1. The molecular weight excluding hydrogens is 256 g/mol. The molecule has 0 aromatic rings. The average Bonchev–Trinajstić information content (AvgIpc) is 2.43. The molecule has 3 atom stereocenters. The van der Waals surface area contributed by atoms with Crippen molar-refractivity contribution >= 4 is 11.8 Å². The van der Waals surface area contributed by atoms with Gasteiger partial charge in [-0.1, -0.05) is 20.8 Å². The van der Waals surface area contributed by atoms with Gasteiger partial charge in [0.2, 0.25) is 11.8 Å². The van der Waals surface area contributed by atoms with Gasteiger partial charge in [-0.15, -0.1) is 0 Å². The third kappa shape index (κ3) is 4.45. The van der Waals surface area contributed by atoms with Crippen molar-refractivity contribution in [1.29, 1.82) is 0 Å². The summed E-state index contributed by atoms with van der Waals surface area (Å²) in [6.07, 6.45) is 1.92. The molecule has 2 unspecified atom stereocenters. The third-order valence-electron chi connectivity index (χ3n) is 4.01. The molecule has 0 aromatic heterocycles. The third-order valence-corrected chi connectivity index (χ3v) is 4.01. The van der Waals surface area contributed by atoms with Gasteiger partial charge in [0.25, 0.3) is 0 Å². The molecule has 6 nitrogen and oxygen atoms in total. The Morgan fingerprint density at radius 3 is 2.60 bits per heavy atom. The van der Waals surface area contributed by atoms with Gasteiger partial charge in [-0.3, -0.25) is 9.59 Å². The molecule has 0 aromatic carbocycles. The van der Waals surface area contributed by atoms with Crippen LogP contribution < -0.4 is 16.8 Å². The number of carbonyl (C=O) groups excluding carboxylic acids is 2. The fraction of sp³-hybridized carbons (Fsp3) is 0.857. The van der Waals surface area contributed by atoms with Gasteiger partial charge in [-0.25, -0.2) is 0 Å². The van der Waals surface area contributed by atoms with Gasteiger partial charge in [0.15, 0.2) is 0 Å². The Hall–Kier alpha value is -1.14. The van der Waals surface area contributed by atoms with Gasteiger partial charge in [-0.2, -0.15) is 0 Å². The minimum atomic E-state index is -0.575. The molecule has 116 valence electrons. The molecule has 2 amide bonds. The van der Waals surface area contributed by atoms with E-state index in [1.165, 1.54) is 0 Å². The highest BCUT2D eigenvalue weighted by molar-refractivity contribution is 5.87. The van der Waals surface area contributed by atoms with E-state index in [-0.39, 0.29) is 30.3 Å². The van der Waals surface area contributed by atoms with Crippen LogP contribution in [0.4, 0.5) is 0 Å². The second-order valence-corrected chi connectivity index (χ2v) is 6.09. The predicted octanol–water partition coefficient (Wildman–Crippen LogP) is -0.328. The monoisotopic (exact) mass is 284 g/mol. The summed E-state index contributed by atoms with van der Waals surface area (Å²) >= 11 is 0. The maximum Gasteiger partial charge on any atom is 0.242 e. The fourth-order valence-corrected chi connectivity index (χ4v) is 2.49. The van der Waals surface area contributed by atoms with Crippen LogP contribution in [0.1, 0.15) is 33.6 Å². The molecule has 20 heavy (non-hydrogen) atoms. The van der Waals surface area contributed by atoms with Gasteiger partial charge in [-0.05, 0) is 24.7 Å². The number of nitrogens with two attached hydrogens (primary N) is 2. The van der Waals surface area contributed by atoms with Crippen molar-refractivity contribution in [3.63, 3.8) is 0 Å². The number of likely N-dealkylation sites (tertiary alicyclic amines) is 1. The Morgan fingerprint density at radius 1 is 1.40 bits per heavy atom. The van der Waals surface area contributed by atoms with Gasteiger partial charge in [0.1, 0.15) is 0 Å². The number of nitrogens with one attached hydrogen (secondary N) is 1.